The first-order chi connectivity index (χ1) is 16.9. The Kier molecular flexibility index (Phi) is 7.80. The van der Waals surface area contributed by atoms with Crippen molar-refractivity contribution < 1.29 is 28.9 Å². The van der Waals surface area contributed by atoms with Gasteiger partial charge in [-0.1, -0.05) is 38.5 Å². The van der Waals surface area contributed by atoms with Crippen LogP contribution < -0.4 is 19.5 Å². The second-order valence-electron chi connectivity index (χ2n) is 9.19. The van der Waals surface area contributed by atoms with Crippen LogP contribution in [0.3, 0.4) is 0 Å². The quantitative estimate of drug-likeness (QED) is 0.529. The largest absolute Gasteiger partial charge is 0.497 e. The second kappa shape index (κ2) is 11.0. The van der Waals surface area contributed by atoms with E-state index in [1.54, 1.807) is 7.11 Å². The van der Waals surface area contributed by atoms with Gasteiger partial charge in [0, 0.05) is 24.5 Å². The molecule has 2 N–H and O–H groups in total. The van der Waals surface area contributed by atoms with Crippen molar-refractivity contribution in [3.8, 4) is 17.2 Å². The van der Waals surface area contributed by atoms with Crippen LogP contribution in [-0.4, -0.2) is 54.9 Å². The van der Waals surface area contributed by atoms with Crippen LogP contribution in [0, 0.1) is 5.92 Å². The average molecular weight is 483 g/mol. The summed E-state index contributed by atoms with van der Waals surface area (Å²) in [5, 5.41) is 13.5. The highest BCUT2D eigenvalue weighted by atomic mass is 16.7. The first-order valence-electron chi connectivity index (χ1n) is 12.2. The molecule has 1 fully saturated rings. The number of benzene rings is 2. The molecule has 188 valence electrons. The molecular weight excluding hydrogens is 448 g/mol. The number of ether oxygens (including phenoxy) is 3. The average Bonchev–Trinajstić information content (AvgIpc) is 3.48. The summed E-state index contributed by atoms with van der Waals surface area (Å²) in [6.07, 6.45) is 2.77. The van der Waals surface area contributed by atoms with Gasteiger partial charge < -0.3 is 24.6 Å². The summed E-state index contributed by atoms with van der Waals surface area (Å²) in [5.74, 6) is -0.0698. The molecule has 0 spiro atoms. The minimum absolute atomic E-state index is 0.0840. The van der Waals surface area contributed by atoms with Gasteiger partial charge in [-0.2, -0.15) is 0 Å². The number of carboxylic acids is 1. The first-order valence-corrected chi connectivity index (χ1v) is 12.2. The van der Waals surface area contributed by atoms with E-state index in [-0.39, 0.29) is 31.2 Å². The Morgan fingerprint density at radius 2 is 1.83 bits per heavy atom. The van der Waals surface area contributed by atoms with Crippen LogP contribution in [0.25, 0.3) is 0 Å². The van der Waals surface area contributed by atoms with Crippen LogP contribution in [0.4, 0.5) is 0 Å². The number of amides is 1. The monoisotopic (exact) mass is 482 g/mol. The Labute approximate surface area is 206 Å². The van der Waals surface area contributed by atoms with Crippen molar-refractivity contribution in [2.75, 3.05) is 27.0 Å². The van der Waals surface area contributed by atoms with Gasteiger partial charge in [-0.25, -0.2) is 0 Å². The van der Waals surface area contributed by atoms with Crippen LogP contribution in [0.2, 0.25) is 0 Å². The van der Waals surface area contributed by atoms with Gasteiger partial charge in [-0.3, -0.25) is 14.5 Å². The van der Waals surface area contributed by atoms with Gasteiger partial charge in [0.1, 0.15) is 5.75 Å². The molecule has 0 saturated carbocycles. The van der Waals surface area contributed by atoms with Crippen molar-refractivity contribution in [1.29, 1.82) is 0 Å². The predicted molar refractivity (Wildman–Crippen MR) is 131 cm³/mol. The van der Waals surface area contributed by atoms with Crippen LogP contribution in [0.5, 0.6) is 17.2 Å². The lowest BCUT2D eigenvalue weighted by atomic mass is 9.82. The molecule has 1 amide bonds. The van der Waals surface area contributed by atoms with Gasteiger partial charge in [-0.15, -0.1) is 0 Å². The third-order valence-corrected chi connectivity index (χ3v) is 7.01. The molecule has 2 aromatic rings. The Bertz CT molecular complexity index is 1040. The highest BCUT2D eigenvalue weighted by Crippen LogP contribution is 2.47. The summed E-state index contributed by atoms with van der Waals surface area (Å²) in [5.41, 5.74) is 1.70. The SMILES string of the molecule is CCCC(CC)NC(=O)CN1CC(c2ccc3c(c2)OCO3)C(C(=O)O)C1c1ccc(OC)cc1. The number of hydrogen-bond donors (Lipinski definition) is 2. The number of carboxylic acid groups (broad SMARTS) is 1. The second-order valence-corrected chi connectivity index (χ2v) is 9.19. The van der Waals surface area contributed by atoms with E-state index < -0.39 is 17.9 Å². The van der Waals surface area contributed by atoms with Gasteiger partial charge in [0.25, 0.3) is 0 Å². The van der Waals surface area contributed by atoms with Crippen molar-refractivity contribution >= 4 is 11.9 Å². The third-order valence-electron chi connectivity index (χ3n) is 7.01. The van der Waals surface area contributed by atoms with Gasteiger partial charge >= 0.3 is 5.97 Å². The third kappa shape index (κ3) is 5.37. The summed E-state index contributed by atoms with van der Waals surface area (Å²) in [6, 6.07) is 12.7. The molecule has 0 aliphatic carbocycles. The summed E-state index contributed by atoms with van der Waals surface area (Å²) in [4.78, 5) is 27.7. The summed E-state index contributed by atoms with van der Waals surface area (Å²) >= 11 is 0. The van der Waals surface area contributed by atoms with E-state index in [9.17, 15) is 14.7 Å². The maximum Gasteiger partial charge on any atom is 0.309 e. The minimum Gasteiger partial charge on any atom is -0.497 e. The van der Waals surface area contributed by atoms with Gasteiger partial charge in [0.2, 0.25) is 12.7 Å². The zero-order valence-electron chi connectivity index (χ0n) is 20.5. The van der Waals surface area contributed by atoms with Gasteiger partial charge in [0.05, 0.1) is 19.6 Å². The molecule has 2 aromatic carbocycles. The summed E-state index contributed by atoms with van der Waals surface area (Å²) < 4.78 is 16.3. The fraction of sp³-hybridized carbons (Fsp3) is 0.481. The standard InChI is InChI=1S/C27H34N2O6/c1-4-6-19(5-2)28-24(30)15-29-14-21(18-9-12-22-23(13-18)35-16-34-22)25(27(31)32)26(29)17-7-10-20(33-3)11-8-17/h7-13,19,21,25-26H,4-6,14-16H2,1-3H3,(H,28,30)(H,31,32). The zero-order valence-corrected chi connectivity index (χ0v) is 20.5. The van der Waals surface area contributed by atoms with Crippen LogP contribution in [0.1, 0.15) is 56.2 Å². The molecule has 35 heavy (non-hydrogen) atoms. The Hall–Kier alpha value is -3.26. The Morgan fingerprint density at radius 1 is 1.11 bits per heavy atom. The number of nitrogens with one attached hydrogen (secondary N) is 1. The summed E-state index contributed by atoms with van der Waals surface area (Å²) in [7, 11) is 1.59. The normalized spacial score (nSPS) is 22.1. The highest BCUT2D eigenvalue weighted by Gasteiger charge is 2.48. The van der Waals surface area contributed by atoms with E-state index in [0.29, 0.717) is 23.8 Å². The van der Waals surface area contributed by atoms with Crippen LogP contribution in [0.15, 0.2) is 42.5 Å². The smallest absolute Gasteiger partial charge is 0.309 e. The topological polar surface area (TPSA) is 97.3 Å². The molecule has 0 radical (unpaired) electrons. The van der Waals surface area contributed by atoms with E-state index in [4.69, 9.17) is 14.2 Å². The molecule has 1 saturated heterocycles. The number of fused-ring (bicyclic) bond motifs is 1. The molecule has 2 aliphatic rings. The molecule has 0 bridgehead atoms. The van der Waals surface area contributed by atoms with Crippen molar-refractivity contribution in [1.82, 2.24) is 10.2 Å². The Balaban J connectivity index is 1.66. The number of nitrogens with zero attached hydrogens (tertiary/aromatic N) is 1. The van der Waals surface area contributed by atoms with Gasteiger partial charge in [0.15, 0.2) is 11.5 Å². The minimum atomic E-state index is -0.895. The van der Waals surface area contributed by atoms with Crippen molar-refractivity contribution in [3.63, 3.8) is 0 Å². The number of carbonyl (C=O) groups excluding carboxylic acids is 1. The van der Waals surface area contributed by atoms with E-state index in [1.165, 1.54) is 0 Å². The lowest BCUT2D eigenvalue weighted by molar-refractivity contribution is -0.143. The molecule has 4 atom stereocenters. The van der Waals surface area contributed by atoms with Crippen molar-refractivity contribution in [2.45, 2.75) is 51.1 Å². The Morgan fingerprint density at radius 3 is 2.49 bits per heavy atom. The van der Waals surface area contributed by atoms with Gasteiger partial charge in [-0.05, 0) is 48.2 Å². The number of likely N-dealkylation sites (tertiary alicyclic amines) is 1. The lowest BCUT2D eigenvalue weighted by Crippen LogP contribution is -2.42. The molecule has 2 aliphatic heterocycles. The molecule has 8 heteroatoms. The van der Waals surface area contributed by atoms with E-state index >= 15 is 0 Å². The maximum atomic E-state index is 13.0. The first kappa shape index (κ1) is 24.9. The number of aliphatic carboxylic acids is 1. The highest BCUT2D eigenvalue weighted by molar-refractivity contribution is 5.79. The maximum absolute atomic E-state index is 13.0. The molecular formula is C27H34N2O6. The fourth-order valence-electron chi connectivity index (χ4n) is 5.26. The molecule has 0 aromatic heterocycles. The molecule has 2 heterocycles. The van der Waals surface area contributed by atoms with Crippen LogP contribution >= 0.6 is 0 Å². The molecule has 4 rings (SSSR count). The number of rotatable bonds is 10. The predicted octanol–water partition coefficient (Wildman–Crippen LogP) is 3.96. The van der Waals surface area contributed by atoms with E-state index in [2.05, 4.69) is 19.2 Å². The number of carbonyl (C=O) groups is 2. The van der Waals surface area contributed by atoms with Crippen LogP contribution in [-0.2, 0) is 9.59 Å². The molecule has 8 nitrogen and oxygen atoms in total. The van der Waals surface area contributed by atoms with Crippen molar-refractivity contribution in [2.24, 2.45) is 5.92 Å². The fourth-order valence-corrected chi connectivity index (χ4v) is 5.26. The lowest BCUT2D eigenvalue weighted by Gasteiger charge is -2.27. The number of methoxy groups -OCH3 is 1. The van der Waals surface area contributed by atoms with E-state index in [1.807, 2.05) is 47.4 Å². The van der Waals surface area contributed by atoms with E-state index in [0.717, 1.165) is 30.4 Å². The van der Waals surface area contributed by atoms with Crippen molar-refractivity contribution in [3.05, 3.63) is 53.6 Å². The zero-order chi connectivity index (χ0) is 24.9. The summed E-state index contributed by atoms with van der Waals surface area (Å²) in [6.45, 7) is 4.88. The molecule has 4 unspecified atom stereocenters. The number of hydrogen-bond acceptors (Lipinski definition) is 6.